The van der Waals surface area contributed by atoms with E-state index in [1.165, 1.54) is 5.56 Å². The van der Waals surface area contributed by atoms with Gasteiger partial charge in [-0.1, -0.05) is 11.6 Å². The van der Waals surface area contributed by atoms with Gasteiger partial charge in [0.2, 0.25) is 0 Å². The highest BCUT2D eigenvalue weighted by Crippen LogP contribution is 2.24. The van der Waals surface area contributed by atoms with E-state index >= 15 is 0 Å². The van der Waals surface area contributed by atoms with Crippen molar-refractivity contribution in [2.75, 3.05) is 23.7 Å². The van der Waals surface area contributed by atoms with Gasteiger partial charge < -0.3 is 16.0 Å². The second-order valence-electron chi connectivity index (χ2n) is 5.88. The van der Waals surface area contributed by atoms with Crippen LogP contribution in [0.4, 0.5) is 11.4 Å². The number of hydrogen-bond acceptors (Lipinski definition) is 4. The van der Waals surface area contributed by atoms with Crippen molar-refractivity contribution in [2.24, 2.45) is 0 Å². The number of hydrogen-bond donors (Lipinski definition) is 3. The molecule has 2 aromatic heterocycles. The van der Waals surface area contributed by atoms with E-state index in [0.717, 1.165) is 34.5 Å². The first kappa shape index (κ1) is 17.1. The van der Waals surface area contributed by atoms with Crippen LogP contribution in [0.1, 0.15) is 11.3 Å². The molecule has 5 nitrogen and oxygen atoms in total. The Morgan fingerprint density at radius 2 is 1.84 bits per heavy atom. The number of aryl methyl sites for hydroxylation is 2. The van der Waals surface area contributed by atoms with Crippen molar-refractivity contribution in [1.82, 2.24) is 15.3 Å². The number of rotatable bonds is 5. The fourth-order valence-electron chi connectivity index (χ4n) is 2.60. The van der Waals surface area contributed by atoms with Crippen LogP contribution in [0.5, 0.6) is 0 Å². The van der Waals surface area contributed by atoms with Crippen molar-refractivity contribution in [3.8, 4) is 0 Å². The molecule has 3 rings (SSSR count). The molecular formula is C19H21N5S. The van der Waals surface area contributed by atoms with Gasteiger partial charge in [0.15, 0.2) is 5.11 Å². The molecular weight excluding hydrogens is 330 g/mol. The van der Waals surface area contributed by atoms with Crippen LogP contribution in [-0.2, 0) is 0 Å². The maximum Gasteiger partial charge on any atom is 0.170 e. The van der Waals surface area contributed by atoms with Crippen LogP contribution in [0.15, 0.2) is 48.8 Å². The Morgan fingerprint density at radius 3 is 2.64 bits per heavy atom. The van der Waals surface area contributed by atoms with Gasteiger partial charge >= 0.3 is 0 Å². The Balaban J connectivity index is 1.56. The van der Waals surface area contributed by atoms with Crippen LogP contribution in [0, 0.1) is 13.8 Å². The monoisotopic (exact) mass is 351 g/mol. The fraction of sp³-hybridized carbons (Fsp3) is 0.211. The third-order valence-electron chi connectivity index (χ3n) is 3.76. The summed E-state index contributed by atoms with van der Waals surface area (Å²) in [6.45, 7) is 5.57. The van der Waals surface area contributed by atoms with Crippen LogP contribution in [0.25, 0.3) is 10.9 Å². The first-order valence-electron chi connectivity index (χ1n) is 8.18. The number of anilines is 2. The summed E-state index contributed by atoms with van der Waals surface area (Å²) >= 11 is 5.30. The molecule has 0 unspecified atom stereocenters. The molecule has 0 aliphatic rings. The van der Waals surface area contributed by atoms with Crippen molar-refractivity contribution in [2.45, 2.75) is 13.8 Å². The predicted octanol–water partition coefficient (Wildman–Crippen LogP) is 3.65. The van der Waals surface area contributed by atoms with Crippen molar-refractivity contribution >= 4 is 39.6 Å². The molecule has 0 fully saturated rings. The lowest BCUT2D eigenvalue weighted by Crippen LogP contribution is -2.32. The van der Waals surface area contributed by atoms with E-state index in [4.69, 9.17) is 12.2 Å². The number of fused-ring (bicyclic) bond motifs is 1. The smallest absolute Gasteiger partial charge is 0.170 e. The normalized spacial score (nSPS) is 10.5. The Kier molecular flexibility index (Phi) is 5.40. The van der Waals surface area contributed by atoms with Crippen LogP contribution in [0.3, 0.4) is 0 Å². The minimum absolute atomic E-state index is 0.597. The molecule has 0 amide bonds. The Hall–Kier alpha value is -2.73. The SMILES string of the molecule is Cc1ccc2nc(C)cc(NCCNC(=S)Nc3ccncc3)c2c1. The summed E-state index contributed by atoms with van der Waals surface area (Å²) in [5.74, 6) is 0. The number of nitrogens with zero attached hydrogens (tertiary/aromatic N) is 2. The average Bonchev–Trinajstić information content (AvgIpc) is 2.60. The zero-order valence-corrected chi connectivity index (χ0v) is 15.2. The molecule has 0 radical (unpaired) electrons. The molecule has 0 aliphatic heterocycles. The van der Waals surface area contributed by atoms with E-state index in [1.807, 2.05) is 19.1 Å². The van der Waals surface area contributed by atoms with Crippen LogP contribution in [0.2, 0.25) is 0 Å². The van der Waals surface area contributed by atoms with E-state index in [2.05, 4.69) is 57.1 Å². The molecule has 3 aromatic rings. The second kappa shape index (κ2) is 7.90. The summed E-state index contributed by atoms with van der Waals surface area (Å²) < 4.78 is 0. The van der Waals surface area contributed by atoms with Gasteiger partial charge in [-0.05, 0) is 56.4 Å². The highest BCUT2D eigenvalue weighted by atomic mass is 32.1. The predicted molar refractivity (Wildman–Crippen MR) is 108 cm³/mol. The minimum Gasteiger partial charge on any atom is -0.383 e. The van der Waals surface area contributed by atoms with Crippen molar-refractivity contribution in [3.63, 3.8) is 0 Å². The first-order valence-corrected chi connectivity index (χ1v) is 8.59. The van der Waals surface area contributed by atoms with Crippen LogP contribution in [-0.4, -0.2) is 28.2 Å². The average molecular weight is 351 g/mol. The van der Waals surface area contributed by atoms with Crippen molar-refractivity contribution in [3.05, 3.63) is 60.0 Å². The van der Waals surface area contributed by atoms with Gasteiger partial charge in [-0.25, -0.2) is 0 Å². The van der Waals surface area contributed by atoms with Crippen molar-refractivity contribution in [1.29, 1.82) is 0 Å². The minimum atomic E-state index is 0.597. The summed E-state index contributed by atoms with van der Waals surface area (Å²) in [6.07, 6.45) is 3.46. The number of thiocarbonyl (C=S) groups is 1. The topological polar surface area (TPSA) is 61.9 Å². The van der Waals surface area contributed by atoms with Gasteiger partial charge in [-0.3, -0.25) is 9.97 Å². The highest BCUT2D eigenvalue weighted by Gasteiger charge is 2.04. The first-order chi connectivity index (χ1) is 12.1. The Bertz CT molecular complexity index is 880. The fourth-order valence-corrected chi connectivity index (χ4v) is 2.82. The van der Waals surface area contributed by atoms with Gasteiger partial charge in [0.1, 0.15) is 0 Å². The highest BCUT2D eigenvalue weighted by molar-refractivity contribution is 7.80. The summed E-state index contributed by atoms with van der Waals surface area (Å²) in [4.78, 5) is 8.57. The molecule has 128 valence electrons. The lowest BCUT2D eigenvalue weighted by molar-refractivity contribution is 0.916. The maximum absolute atomic E-state index is 5.30. The molecule has 2 heterocycles. The molecule has 25 heavy (non-hydrogen) atoms. The van der Waals surface area contributed by atoms with E-state index in [-0.39, 0.29) is 0 Å². The van der Waals surface area contributed by atoms with E-state index in [9.17, 15) is 0 Å². The standard InChI is InChI=1S/C19H21N5S/c1-13-3-4-17-16(11-13)18(12-14(2)23-17)21-9-10-22-19(25)24-15-5-7-20-8-6-15/h3-8,11-12H,9-10H2,1-2H3,(H,21,23)(H2,20,22,24,25). The molecule has 0 spiro atoms. The summed E-state index contributed by atoms with van der Waals surface area (Å²) in [5.41, 5.74) is 5.26. The lowest BCUT2D eigenvalue weighted by atomic mass is 10.1. The molecule has 0 saturated heterocycles. The molecule has 0 bridgehead atoms. The summed E-state index contributed by atoms with van der Waals surface area (Å²) in [7, 11) is 0. The van der Waals surface area contributed by atoms with Gasteiger partial charge in [0.05, 0.1) is 5.52 Å². The number of pyridine rings is 2. The molecule has 6 heteroatoms. The van der Waals surface area contributed by atoms with Gasteiger partial charge in [0.25, 0.3) is 0 Å². The number of benzene rings is 1. The second-order valence-corrected chi connectivity index (χ2v) is 6.28. The van der Waals surface area contributed by atoms with E-state index in [1.54, 1.807) is 12.4 Å². The number of nitrogens with one attached hydrogen (secondary N) is 3. The maximum atomic E-state index is 5.30. The molecule has 0 saturated carbocycles. The van der Waals surface area contributed by atoms with Crippen molar-refractivity contribution < 1.29 is 0 Å². The van der Waals surface area contributed by atoms with Gasteiger partial charge in [-0.2, -0.15) is 0 Å². The van der Waals surface area contributed by atoms with Gasteiger partial charge in [-0.15, -0.1) is 0 Å². The Morgan fingerprint density at radius 1 is 1.04 bits per heavy atom. The molecule has 1 aromatic carbocycles. The summed E-state index contributed by atoms with van der Waals surface area (Å²) in [5, 5.41) is 11.5. The van der Waals surface area contributed by atoms with E-state index < -0.39 is 0 Å². The zero-order chi connectivity index (χ0) is 17.6. The summed E-state index contributed by atoms with van der Waals surface area (Å²) in [6, 6.07) is 12.1. The molecule has 0 aliphatic carbocycles. The zero-order valence-electron chi connectivity index (χ0n) is 14.3. The molecule has 0 atom stereocenters. The largest absolute Gasteiger partial charge is 0.383 e. The third-order valence-corrected chi connectivity index (χ3v) is 4.00. The number of aromatic nitrogens is 2. The van der Waals surface area contributed by atoms with Gasteiger partial charge in [0, 0.05) is 47.9 Å². The third kappa shape index (κ3) is 4.64. The van der Waals surface area contributed by atoms with Crippen LogP contribution < -0.4 is 16.0 Å². The molecule has 3 N–H and O–H groups in total. The van der Waals surface area contributed by atoms with Crippen LogP contribution >= 0.6 is 12.2 Å². The lowest BCUT2D eigenvalue weighted by Gasteiger charge is -2.13. The quantitative estimate of drug-likeness (QED) is 0.482. The van der Waals surface area contributed by atoms with E-state index in [0.29, 0.717) is 11.7 Å². The Labute approximate surface area is 152 Å².